The largest absolute Gasteiger partial charge is 0.507 e. The Hall–Kier alpha value is -2.60. The van der Waals surface area contributed by atoms with Crippen LogP contribution in [0.5, 0.6) is 5.75 Å². The Morgan fingerprint density at radius 1 is 1.30 bits per heavy atom. The molecule has 3 N–H and O–H groups in total. The zero-order valence-electron chi connectivity index (χ0n) is 12.3. The second-order valence-electron chi connectivity index (χ2n) is 4.81. The van der Waals surface area contributed by atoms with Crippen LogP contribution in [0.3, 0.4) is 0 Å². The fourth-order valence-corrected chi connectivity index (χ4v) is 1.93. The van der Waals surface area contributed by atoms with Crippen LogP contribution < -0.4 is 10.7 Å². The summed E-state index contributed by atoms with van der Waals surface area (Å²) in [7, 11) is 0. The van der Waals surface area contributed by atoms with Gasteiger partial charge < -0.3 is 10.4 Å². The maximum atomic E-state index is 12.8. The third-order valence-corrected chi connectivity index (χ3v) is 3.22. The highest BCUT2D eigenvalue weighted by Crippen LogP contribution is 2.19. The van der Waals surface area contributed by atoms with Crippen LogP contribution >= 0.6 is 11.6 Å². The average Bonchev–Trinajstić information content (AvgIpc) is 2.52. The monoisotopic (exact) mass is 335 g/mol. The quantitative estimate of drug-likeness (QED) is 0.580. The van der Waals surface area contributed by atoms with Gasteiger partial charge in [-0.1, -0.05) is 11.6 Å². The van der Waals surface area contributed by atoms with Gasteiger partial charge in [-0.15, -0.1) is 0 Å². The summed E-state index contributed by atoms with van der Waals surface area (Å²) >= 11 is 5.81. The first-order valence-electron chi connectivity index (χ1n) is 6.79. The molecule has 0 bridgehead atoms. The van der Waals surface area contributed by atoms with Gasteiger partial charge in [0.05, 0.1) is 6.21 Å². The predicted molar refractivity (Wildman–Crippen MR) is 88.3 cm³/mol. The number of phenolic OH excluding ortho intramolecular Hbond substituents is 1. The number of rotatable bonds is 5. The lowest BCUT2D eigenvalue weighted by Crippen LogP contribution is -2.34. The first kappa shape index (κ1) is 16.8. The SMILES string of the molecule is C[C@H](Nc1ccc(F)cc1)C(=O)N/N=C\c1cc(Cl)ccc1O. The van der Waals surface area contributed by atoms with Gasteiger partial charge in [-0.25, -0.2) is 9.82 Å². The molecule has 7 heteroatoms. The van der Waals surface area contributed by atoms with E-state index in [1.54, 1.807) is 13.0 Å². The smallest absolute Gasteiger partial charge is 0.262 e. The van der Waals surface area contributed by atoms with Crippen LogP contribution in [0.15, 0.2) is 47.6 Å². The van der Waals surface area contributed by atoms with Gasteiger partial charge in [0.25, 0.3) is 5.91 Å². The molecule has 0 aliphatic rings. The average molecular weight is 336 g/mol. The number of nitrogens with one attached hydrogen (secondary N) is 2. The molecular weight excluding hydrogens is 321 g/mol. The molecule has 0 fully saturated rings. The molecule has 0 radical (unpaired) electrons. The van der Waals surface area contributed by atoms with E-state index in [0.29, 0.717) is 16.3 Å². The van der Waals surface area contributed by atoms with Gasteiger partial charge in [-0.3, -0.25) is 4.79 Å². The van der Waals surface area contributed by atoms with Gasteiger partial charge in [0.1, 0.15) is 17.6 Å². The van der Waals surface area contributed by atoms with Gasteiger partial charge in [-0.2, -0.15) is 5.10 Å². The Labute approximate surface area is 137 Å². The van der Waals surface area contributed by atoms with Crippen molar-refractivity contribution in [3.63, 3.8) is 0 Å². The number of nitrogens with zero attached hydrogens (tertiary/aromatic N) is 1. The van der Waals surface area contributed by atoms with E-state index in [2.05, 4.69) is 15.8 Å². The van der Waals surface area contributed by atoms with Crippen molar-refractivity contribution in [1.29, 1.82) is 0 Å². The second-order valence-corrected chi connectivity index (χ2v) is 5.25. The van der Waals surface area contributed by atoms with Crippen molar-refractivity contribution in [3.8, 4) is 5.75 Å². The first-order valence-corrected chi connectivity index (χ1v) is 7.17. The molecule has 0 heterocycles. The van der Waals surface area contributed by atoms with Crippen molar-refractivity contribution in [2.75, 3.05) is 5.32 Å². The summed E-state index contributed by atoms with van der Waals surface area (Å²) in [4.78, 5) is 11.9. The number of hydrogen-bond donors (Lipinski definition) is 3. The lowest BCUT2D eigenvalue weighted by Gasteiger charge is -2.13. The van der Waals surface area contributed by atoms with E-state index in [9.17, 15) is 14.3 Å². The van der Waals surface area contributed by atoms with Crippen LogP contribution in [-0.4, -0.2) is 23.3 Å². The normalized spacial score (nSPS) is 12.1. The fourth-order valence-electron chi connectivity index (χ4n) is 1.75. The molecule has 2 aromatic rings. The third-order valence-electron chi connectivity index (χ3n) is 2.99. The van der Waals surface area contributed by atoms with Gasteiger partial charge in [0.2, 0.25) is 0 Å². The molecular formula is C16H15ClFN3O2. The van der Waals surface area contributed by atoms with Crippen LogP contribution in [-0.2, 0) is 4.79 Å². The topological polar surface area (TPSA) is 73.7 Å². The molecule has 0 unspecified atom stereocenters. The number of carbonyl (C=O) groups is 1. The van der Waals surface area contributed by atoms with E-state index >= 15 is 0 Å². The number of anilines is 1. The minimum atomic E-state index is -0.578. The summed E-state index contributed by atoms with van der Waals surface area (Å²) < 4.78 is 12.8. The number of phenols is 1. The Bertz CT molecular complexity index is 720. The molecule has 0 spiro atoms. The minimum absolute atomic E-state index is 0.00452. The molecule has 0 saturated heterocycles. The minimum Gasteiger partial charge on any atom is -0.507 e. The molecule has 0 aliphatic carbocycles. The van der Waals surface area contributed by atoms with Crippen LogP contribution in [0.4, 0.5) is 10.1 Å². The van der Waals surface area contributed by atoms with Crippen LogP contribution in [0.2, 0.25) is 5.02 Å². The number of halogens is 2. The van der Waals surface area contributed by atoms with Crippen molar-refractivity contribution < 1.29 is 14.3 Å². The maximum Gasteiger partial charge on any atom is 0.262 e. The summed E-state index contributed by atoms with van der Waals surface area (Å²) in [6, 6.07) is 9.59. The summed E-state index contributed by atoms with van der Waals surface area (Å²) in [5.74, 6) is -0.726. The van der Waals surface area contributed by atoms with Crippen molar-refractivity contribution >= 4 is 29.4 Å². The predicted octanol–water partition coefficient (Wildman–Crippen LogP) is 3.14. The molecule has 2 aromatic carbocycles. The Morgan fingerprint density at radius 3 is 2.70 bits per heavy atom. The molecule has 1 atom stereocenters. The van der Waals surface area contributed by atoms with E-state index in [1.807, 2.05) is 0 Å². The number of benzene rings is 2. The van der Waals surface area contributed by atoms with E-state index in [0.717, 1.165) is 0 Å². The van der Waals surface area contributed by atoms with Gasteiger partial charge in [0.15, 0.2) is 0 Å². The summed E-state index contributed by atoms with van der Waals surface area (Å²) in [5, 5.41) is 16.8. The van der Waals surface area contributed by atoms with E-state index in [-0.39, 0.29) is 17.5 Å². The number of carbonyl (C=O) groups excluding carboxylic acids is 1. The zero-order chi connectivity index (χ0) is 16.8. The molecule has 0 aromatic heterocycles. The number of amides is 1. The Kier molecular flexibility index (Phi) is 5.54. The first-order chi connectivity index (χ1) is 11.0. The molecule has 120 valence electrons. The lowest BCUT2D eigenvalue weighted by molar-refractivity contribution is -0.121. The molecule has 0 aliphatic heterocycles. The maximum absolute atomic E-state index is 12.8. The lowest BCUT2D eigenvalue weighted by atomic mass is 10.2. The molecule has 5 nitrogen and oxygen atoms in total. The highest BCUT2D eigenvalue weighted by molar-refractivity contribution is 6.30. The van der Waals surface area contributed by atoms with Gasteiger partial charge in [0, 0.05) is 16.3 Å². The molecule has 1 amide bonds. The highest BCUT2D eigenvalue weighted by atomic mass is 35.5. The standard InChI is InChI=1S/C16H15ClFN3O2/c1-10(20-14-5-3-13(18)4-6-14)16(23)21-19-9-11-8-12(17)2-7-15(11)22/h2-10,20,22H,1H3,(H,21,23)/b19-9-/t10-/m0/s1. The van der Waals surface area contributed by atoms with Crippen LogP contribution in [0.25, 0.3) is 0 Å². The molecule has 2 rings (SSSR count). The van der Waals surface area contributed by atoms with Crippen LogP contribution in [0, 0.1) is 5.82 Å². The van der Waals surface area contributed by atoms with Crippen molar-refractivity contribution in [2.45, 2.75) is 13.0 Å². The Balaban J connectivity index is 1.92. The molecule has 23 heavy (non-hydrogen) atoms. The van der Waals surface area contributed by atoms with Gasteiger partial charge >= 0.3 is 0 Å². The summed E-state index contributed by atoms with van der Waals surface area (Å²) in [6.07, 6.45) is 1.30. The number of hydrogen-bond acceptors (Lipinski definition) is 4. The summed E-state index contributed by atoms with van der Waals surface area (Å²) in [6.45, 7) is 1.64. The molecule has 0 saturated carbocycles. The van der Waals surface area contributed by atoms with Gasteiger partial charge in [-0.05, 0) is 49.4 Å². The van der Waals surface area contributed by atoms with E-state index in [1.165, 1.54) is 42.6 Å². The fraction of sp³-hybridized carbons (Fsp3) is 0.125. The third kappa shape index (κ3) is 4.96. The van der Waals surface area contributed by atoms with Crippen LogP contribution in [0.1, 0.15) is 12.5 Å². The second kappa shape index (κ2) is 7.60. The van der Waals surface area contributed by atoms with Crippen molar-refractivity contribution in [2.24, 2.45) is 5.10 Å². The van der Waals surface area contributed by atoms with Crippen molar-refractivity contribution in [3.05, 3.63) is 58.9 Å². The summed E-state index contributed by atoms with van der Waals surface area (Å²) in [5.41, 5.74) is 3.35. The van der Waals surface area contributed by atoms with Crippen molar-refractivity contribution in [1.82, 2.24) is 5.43 Å². The number of hydrazone groups is 1. The highest BCUT2D eigenvalue weighted by Gasteiger charge is 2.11. The van der Waals surface area contributed by atoms with E-state index in [4.69, 9.17) is 11.6 Å². The zero-order valence-corrected chi connectivity index (χ0v) is 13.0. The Morgan fingerprint density at radius 2 is 2.00 bits per heavy atom. The number of aromatic hydroxyl groups is 1. The van der Waals surface area contributed by atoms with E-state index < -0.39 is 6.04 Å².